The average Bonchev–Trinajstić information content (AvgIpc) is 2.44. The van der Waals surface area contributed by atoms with Crippen LogP contribution in [0, 0.1) is 0 Å². The maximum atomic E-state index is 8.86. The molecule has 102 valence electrons. The Morgan fingerprint density at radius 2 is 1.18 bits per heavy atom. The summed E-state index contributed by atoms with van der Waals surface area (Å²) in [6, 6.07) is -0.0582. The molecule has 0 atom stereocenters. The van der Waals surface area contributed by atoms with Crippen LogP contribution in [0.5, 0.6) is 0 Å². The molecule has 0 aromatic heterocycles. The van der Waals surface area contributed by atoms with Crippen LogP contribution in [0.4, 0.5) is 0 Å². The lowest BCUT2D eigenvalue weighted by Crippen LogP contribution is -2.50. The Kier molecular flexibility index (Phi) is 8.50. The first-order valence-electron chi connectivity index (χ1n) is 6.46. The average molecular weight is 246 g/mol. The van der Waals surface area contributed by atoms with Crippen LogP contribution in [0.2, 0.25) is 0 Å². The molecule has 0 aromatic rings. The normalized spacial score (nSPS) is 22.1. The lowest BCUT2D eigenvalue weighted by molar-refractivity contribution is 0.0657. The SMILES string of the molecule is C1CNCCN1.OCC(CO)N1CCNCC1. The van der Waals surface area contributed by atoms with E-state index in [1.165, 1.54) is 0 Å². The molecule has 17 heavy (non-hydrogen) atoms. The number of hydrogen-bond donors (Lipinski definition) is 5. The number of hydrogen-bond acceptors (Lipinski definition) is 6. The summed E-state index contributed by atoms with van der Waals surface area (Å²) < 4.78 is 0. The Labute approximate surface area is 103 Å². The fraction of sp³-hybridized carbons (Fsp3) is 1.00. The van der Waals surface area contributed by atoms with Crippen LogP contribution >= 0.6 is 0 Å². The van der Waals surface area contributed by atoms with E-state index in [4.69, 9.17) is 10.2 Å². The molecule has 2 saturated heterocycles. The number of aliphatic hydroxyl groups excluding tert-OH is 2. The zero-order valence-corrected chi connectivity index (χ0v) is 10.5. The molecule has 0 radical (unpaired) electrons. The zero-order chi connectivity index (χ0) is 12.3. The molecule has 0 amide bonds. The number of rotatable bonds is 3. The molecule has 2 heterocycles. The van der Waals surface area contributed by atoms with Crippen molar-refractivity contribution in [3.63, 3.8) is 0 Å². The van der Waals surface area contributed by atoms with Gasteiger partial charge in [0.05, 0.1) is 19.3 Å². The molecule has 2 aliphatic rings. The van der Waals surface area contributed by atoms with Gasteiger partial charge < -0.3 is 26.2 Å². The van der Waals surface area contributed by atoms with Crippen LogP contribution in [0.1, 0.15) is 0 Å². The maximum Gasteiger partial charge on any atom is 0.0609 e. The second kappa shape index (κ2) is 9.76. The minimum atomic E-state index is -0.0582. The molecule has 5 N–H and O–H groups in total. The summed E-state index contributed by atoms with van der Waals surface area (Å²) in [5, 5.41) is 27.4. The predicted octanol–water partition coefficient (Wildman–Crippen LogP) is -2.58. The molecular formula is C11H26N4O2. The highest BCUT2D eigenvalue weighted by atomic mass is 16.3. The maximum absolute atomic E-state index is 8.86. The first-order valence-corrected chi connectivity index (χ1v) is 6.46. The summed E-state index contributed by atoms with van der Waals surface area (Å²) in [6.45, 7) is 8.41. The third kappa shape index (κ3) is 6.30. The van der Waals surface area contributed by atoms with Crippen molar-refractivity contribution in [1.29, 1.82) is 0 Å². The molecule has 6 heteroatoms. The summed E-state index contributed by atoms with van der Waals surface area (Å²) in [5.74, 6) is 0. The number of piperazine rings is 2. The van der Waals surface area contributed by atoms with Gasteiger partial charge in [0.1, 0.15) is 0 Å². The van der Waals surface area contributed by atoms with Gasteiger partial charge in [-0.25, -0.2) is 0 Å². The molecule has 0 bridgehead atoms. The Hall–Kier alpha value is -0.240. The highest BCUT2D eigenvalue weighted by Gasteiger charge is 2.18. The van der Waals surface area contributed by atoms with Gasteiger partial charge in [-0.15, -0.1) is 0 Å². The van der Waals surface area contributed by atoms with Crippen LogP contribution in [0.15, 0.2) is 0 Å². The lowest BCUT2D eigenvalue weighted by atomic mass is 10.2. The van der Waals surface area contributed by atoms with E-state index >= 15 is 0 Å². The first kappa shape index (κ1) is 14.8. The minimum absolute atomic E-state index is 0.0521. The Balaban J connectivity index is 0.000000202. The van der Waals surface area contributed by atoms with Gasteiger partial charge in [-0.05, 0) is 0 Å². The number of nitrogens with one attached hydrogen (secondary N) is 3. The largest absolute Gasteiger partial charge is 0.395 e. The summed E-state index contributed by atoms with van der Waals surface area (Å²) in [7, 11) is 0. The van der Waals surface area contributed by atoms with E-state index in [9.17, 15) is 0 Å². The smallest absolute Gasteiger partial charge is 0.0609 e. The van der Waals surface area contributed by atoms with Crippen molar-refractivity contribution in [1.82, 2.24) is 20.9 Å². The van der Waals surface area contributed by atoms with E-state index in [0.717, 1.165) is 52.4 Å². The van der Waals surface area contributed by atoms with Gasteiger partial charge in [-0.2, -0.15) is 0 Å². The molecule has 0 aromatic carbocycles. The monoisotopic (exact) mass is 246 g/mol. The molecule has 2 aliphatic heterocycles. The minimum Gasteiger partial charge on any atom is -0.395 e. The van der Waals surface area contributed by atoms with Gasteiger partial charge in [0.25, 0.3) is 0 Å². The van der Waals surface area contributed by atoms with E-state index in [1.54, 1.807) is 0 Å². The van der Waals surface area contributed by atoms with Crippen molar-refractivity contribution in [3.05, 3.63) is 0 Å². The van der Waals surface area contributed by atoms with Crippen molar-refractivity contribution >= 4 is 0 Å². The van der Waals surface area contributed by atoms with Crippen LogP contribution < -0.4 is 16.0 Å². The van der Waals surface area contributed by atoms with Gasteiger partial charge in [-0.3, -0.25) is 4.90 Å². The van der Waals surface area contributed by atoms with Crippen LogP contribution in [-0.4, -0.2) is 86.7 Å². The lowest BCUT2D eigenvalue weighted by Gasteiger charge is -2.32. The third-order valence-corrected chi connectivity index (χ3v) is 3.05. The van der Waals surface area contributed by atoms with Crippen molar-refractivity contribution in [3.8, 4) is 0 Å². The zero-order valence-electron chi connectivity index (χ0n) is 10.5. The van der Waals surface area contributed by atoms with E-state index in [-0.39, 0.29) is 19.3 Å². The van der Waals surface area contributed by atoms with E-state index < -0.39 is 0 Å². The molecule has 0 unspecified atom stereocenters. The van der Waals surface area contributed by atoms with Gasteiger partial charge >= 0.3 is 0 Å². The van der Waals surface area contributed by atoms with Gasteiger partial charge in [0.15, 0.2) is 0 Å². The molecule has 0 spiro atoms. The second-order valence-electron chi connectivity index (χ2n) is 4.30. The first-order chi connectivity index (χ1) is 8.38. The molecule has 2 fully saturated rings. The Bertz CT molecular complexity index is 157. The topological polar surface area (TPSA) is 79.8 Å². The fourth-order valence-electron chi connectivity index (χ4n) is 1.94. The van der Waals surface area contributed by atoms with Crippen molar-refractivity contribution in [2.75, 3.05) is 65.6 Å². The predicted molar refractivity (Wildman–Crippen MR) is 68.1 cm³/mol. The highest BCUT2D eigenvalue weighted by molar-refractivity contribution is 4.75. The molecule has 0 saturated carbocycles. The summed E-state index contributed by atoms with van der Waals surface area (Å²) in [6.07, 6.45) is 0. The summed E-state index contributed by atoms with van der Waals surface area (Å²) in [5.41, 5.74) is 0. The Morgan fingerprint density at radius 3 is 1.53 bits per heavy atom. The van der Waals surface area contributed by atoms with Gasteiger partial charge in [0.2, 0.25) is 0 Å². The summed E-state index contributed by atoms with van der Waals surface area (Å²) in [4.78, 5) is 2.11. The van der Waals surface area contributed by atoms with Crippen LogP contribution in [0.3, 0.4) is 0 Å². The van der Waals surface area contributed by atoms with Crippen molar-refractivity contribution in [2.24, 2.45) is 0 Å². The van der Waals surface area contributed by atoms with Crippen molar-refractivity contribution < 1.29 is 10.2 Å². The number of nitrogens with zero attached hydrogens (tertiary/aromatic N) is 1. The molecular weight excluding hydrogens is 220 g/mol. The highest BCUT2D eigenvalue weighted by Crippen LogP contribution is 1.99. The van der Waals surface area contributed by atoms with Crippen molar-refractivity contribution in [2.45, 2.75) is 6.04 Å². The number of aliphatic hydroxyl groups is 2. The van der Waals surface area contributed by atoms with Gasteiger partial charge in [0, 0.05) is 52.4 Å². The quantitative estimate of drug-likeness (QED) is 0.377. The van der Waals surface area contributed by atoms with E-state index in [1.807, 2.05) is 0 Å². The molecule has 2 rings (SSSR count). The molecule has 6 nitrogen and oxygen atoms in total. The fourth-order valence-corrected chi connectivity index (χ4v) is 1.94. The molecule has 0 aliphatic carbocycles. The van der Waals surface area contributed by atoms with Gasteiger partial charge in [-0.1, -0.05) is 0 Å². The standard InChI is InChI=1S/C7H16N2O2.C4H10N2/c10-5-7(6-11)9-3-1-8-2-4-9;1-2-6-4-3-5-1/h7-8,10-11H,1-6H2;5-6H,1-4H2. The second-order valence-corrected chi connectivity index (χ2v) is 4.30. The van der Waals surface area contributed by atoms with E-state index in [2.05, 4.69) is 20.9 Å². The van der Waals surface area contributed by atoms with Crippen LogP contribution in [0.25, 0.3) is 0 Å². The Morgan fingerprint density at radius 1 is 0.765 bits per heavy atom. The van der Waals surface area contributed by atoms with E-state index in [0.29, 0.717) is 0 Å². The van der Waals surface area contributed by atoms with Crippen LogP contribution in [-0.2, 0) is 0 Å². The summed E-state index contributed by atoms with van der Waals surface area (Å²) >= 11 is 0. The third-order valence-electron chi connectivity index (χ3n) is 3.05.